The highest BCUT2D eigenvalue weighted by Crippen LogP contribution is 2.29. The Bertz CT molecular complexity index is 579. The van der Waals surface area contributed by atoms with Gasteiger partial charge in [-0.2, -0.15) is 0 Å². The van der Waals surface area contributed by atoms with E-state index in [0.29, 0.717) is 6.29 Å². The average molecular weight is 439 g/mol. The van der Waals surface area contributed by atoms with Crippen LogP contribution < -0.4 is 5.32 Å². The van der Waals surface area contributed by atoms with E-state index < -0.39 is 86.6 Å². The summed E-state index contributed by atoms with van der Waals surface area (Å²) in [7, 11) is 0. The summed E-state index contributed by atoms with van der Waals surface area (Å²) in [5.74, 6) is -0.559. The van der Waals surface area contributed by atoms with Gasteiger partial charge in [-0.3, -0.25) is 4.79 Å². The first-order valence-electron chi connectivity index (χ1n) is 9.42. The number of carbonyl (C=O) groups is 2. The summed E-state index contributed by atoms with van der Waals surface area (Å²) < 4.78 is 21.7. The Morgan fingerprint density at radius 1 is 1.07 bits per heavy atom. The van der Waals surface area contributed by atoms with Gasteiger partial charge in [-0.15, -0.1) is 0 Å². The van der Waals surface area contributed by atoms with E-state index in [4.69, 9.17) is 24.1 Å². The molecule has 2 heterocycles. The molecule has 174 valence electrons. The first-order valence-corrected chi connectivity index (χ1v) is 9.42. The van der Waals surface area contributed by atoms with Gasteiger partial charge in [0.1, 0.15) is 48.8 Å². The van der Waals surface area contributed by atoms with Crippen molar-refractivity contribution in [2.45, 2.75) is 81.3 Å². The number of aliphatic hydroxyl groups is 6. The van der Waals surface area contributed by atoms with Crippen molar-refractivity contribution in [2.75, 3.05) is 13.2 Å². The molecule has 2 fully saturated rings. The van der Waals surface area contributed by atoms with Crippen LogP contribution in [-0.2, 0) is 28.5 Å². The molecule has 2 saturated heterocycles. The molecule has 2 aliphatic heterocycles. The highest BCUT2D eigenvalue weighted by atomic mass is 16.7. The van der Waals surface area contributed by atoms with E-state index in [0.717, 1.165) is 0 Å². The topological polar surface area (TPSA) is 204 Å². The molecule has 0 aliphatic carbocycles. The molecule has 0 spiro atoms. The minimum atomic E-state index is -1.67. The Balaban J connectivity index is 2.15. The molecule has 30 heavy (non-hydrogen) atoms. The van der Waals surface area contributed by atoms with Gasteiger partial charge in [0, 0.05) is 6.92 Å². The fraction of sp³-hybridized carbons (Fsp3) is 0.882. The maximum absolute atomic E-state index is 11.5. The second-order valence-corrected chi connectivity index (χ2v) is 7.22. The van der Waals surface area contributed by atoms with E-state index in [1.165, 1.54) is 13.8 Å². The van der Waals surface area contributed by atoms with Crippen molar-refractivity contribution >= 4 is 12.2 Å². The monoisotopic (exact) mass is 439 g/mol. The Morgan fingerprint density at radius 3 is 2.27 bits per heavy atom. The fourth-order valence-electron chi connectivity index (χ4n) is 3.34. The maximum atomic E-state index is 11.5. The zero-order chi connectivity index (χ0) is 22.6. The summed E-state index contributed by atoms with van der Waals surface area (Å²) >= 11 is 0. The normalized spacial score (nSPS) is 43.1. The van der Waals surface area contributed by atoms with Crippen LogP contribution in [0.5, 0.6) is 0 Å². The number of nitrogens with one attached hydrogen (secondary N) is 1. The van der Waals surface area contributed by atoms with Crippen molar-refractivity contribution in [2.24, 2.45) is 0 Å². The van der Waals surface area contributed by atoms with Crippen molar-refractivity contribution in [3.63, 3.8) is 0 Å². The van der Waals surface area contributed by atoms with Gasteiger partial charge in [0.05, 0.1) is 19.3 Å². The summed E-state index contributed by atoms with van der Waals surface area (Å²) in [5.41, 5.74) is 0. The quantitative estimate of drug-likeness (QED) is 0.178. The van der Waals surface area contributed by atoms with Gasteiger partial charge < -0.3 is 59.7 Å². The molecule has 7 N–H and O–H groups in total. The second-order valence-electron chi connectivity index (χ2n) is 7.22. The van der Waals surface area contributed by atoms with Gasteiger partial charge in [0.15, 0.2) is 18.9 Å². The van der Waals surface area contributed by atoms with Gasteiger partial charge in [0.25, 0.3) is 0 Å². The largest absolute Gasteiger partial charge is 0.394 e. The van der Waals surface area contributed by atoms with Gasteiger partial charge in [-0.25, -0.2) is 0 Å². The Labute approximate surface area is 172 Å². The number of aldehydes is 1. The molecule has 0 aromatic carbocycles. The van der Waals surface area contributed by atoms with Crippen LogP contribution in [0, 0.1) is 0 Å². The SMILES string of the molecule is CC(=O)N[C@H]1[C@H](O[C@@H]2[C@@H](O)[C@@H](O)[C@H](OC(C=O)CO)O[C@H]2C)O[C@H](CO)[C@@H](O)[C@@H]1O. The summed E-state index contributed by atoms with van der Waals surface area (Å²) in [5, 5.41) is 61.9. The number of aliphatic hydroxyl groups excluding tert-OH is 6. The lowest BCUT2D eigenvalue weighted by Gasteiger charge is -2.47. The lowest BCUT2D eigenvalue weighted by Crippen LogP contribution is -2.67. The molecule has 0 bridgehead atoms. The Morgan fingerprint density at radius 2 is 1.73 bits per heavy atom. The van der Waals surface area contributed by atoms with Gasteiger partial charge in [0.2, 0.25) is 5.91 Å². The molecule has 1 unspecified atom stereocenters. The summed E-state index contributed by atoms with van der Waals surface area (Å²) in [6, 6.07) is -1.25. The van der Waals surface area contributed by atoms with Crippen molar-refractivity contribution < 1.29 is 59.2 Å². The smallest absolute Gasteiger partial charge is 0.217 e. The van der Waals surface area contributed by atoms with E-state index in [-0.39, 0.29) is 0 Å². The first-order chi connectivity index (χ1) is 14.1. The molecular weight excluding hydrogens is 410 g/mol. The highest BCUT2D eigenvalue weighted by Gasteiger charge is 2.50. The standard InChI is InChI=1S/C17H29NO12/c1-6-15(13(25)14(26)17(27-6)28-8(3-19)4-20)30-16-10(18-7(2)22)12(24)11(23)9(5-21)29-16/h3,6,8-17,20-21,23-26H,4-5H2,1-2H3,(H,18,22)/t6-,8?,9+,10+,11+,12+,13-,14+,15-,16-,17-/m0/s1. The van der Waals surface area contributed by atoms with Crippen molar-refractivity contribution in [3.05, 3.63) is 0 Å². The Hall–Kier alpha value is -1.26. The third-order valence-corrected chi connectivity index (χ3v) is 4.96. The first kappa shape index (κ1) is 25.0. The van der Waals surface area contributed by atoms with Crippen LogP contribution in [-0.4, -0.2) is 123 Å². The number of rotatable bonds is 8. The van der Waals surface area contributed by atoms with Gasteiger partial charge in [-0.05, 0) is 6.92 Å². The average Bonchev–Trinajstić information content (AvgIpc) is 2.71. The third kappa shape index (κ3) is 5.50. The van der Waals surface area contributed by atoms with Crippen LogP contribution in [0.1, 0.15) is 13.8 Å². The molecule has 2 rings (SSSR count). The maximum Gasteiger partial charge on any atom is 0.217 e. The van der Waals surface area contributed by atoms with Crippen LogP contribution in [0.2, 0.25) is 0 Å². The molecule has 11 atom stereocenters. The summed E-state index contributed by atoms with van der Waals surface area (Å²) in [6.07, 6.45) is -13.6. The molecule has 13 heteroatoms. The highest BCUT2D eigenvalue weighted by molar-refractivity contribution is 5.73. The zero-order valence-corrected chi connectivity index (χ0v) is 16.5. The van der Waals surface area contributed by atoms with E-state index in [1.807, 2.05) is 0 Å². The molecule has 0 aromatic rings. The van der Waals surface area contributed by atoms with Crippen LogP contribution in [0.3, 0.4) is 0 Å². The van der Waals surface area contributed by atoms with Crippen LogP contribution in [0.4, 0.5) is 0 Å². The number of hydrogen-bond donors (Lipinski definition) is 7. The molecule has 0 aromatic heterocycles. The molecule has 0 radical (unpaired) electrons. The minimum Gasteiger partial charge on any atom is -0.394 e. The van der Waals surface area contributed by atoms with E-state index >= 15 is 0 Å². The molecule has 0 saturated carbocycles. The minimum absolute atomic E-state index is 0.311. The molecule has 2 aliphatic rings. The van der Waals surface area contributed by atoms with E-state index in [1.54, 1.807) is 0 Å². The lowest BCUT2D eigenvalue weighted by molar-refractivity contribution is -0.345. The predicted molar refractivity (Wildman–Crippen MR) is 94.6 cm³/mol. The van der Waals surface area contributed by atoms with Crippen molar-refractivity contribution in [1.82, 2.24) is 5.32 Å². The number of amides is 1. The molecule has 1 amide bonds. The molecule has 13 nitrogen and oxygen atoms in total. The number of carbonyl (C=O) groups excluding carboxylic acids is 2. The fourth-order valence-corrected chi connectivity index (χ4v) is 3.34. The lowest BCUT2D eigenvalue weighted by atomic mass is 9.95. The van der Waals surface area contributed by atoms with E-state index in [2.05, 4.69) is 5.32 Å². The van der Waals surface area contributed by atoms with E-state index in [9.17, 15) is 35.1 Å². The number of hydrogen-bond acceptors (Lipinski definition) is 12. The van der Waals surface area contributed by atoms with Crippen molar-refractivity contribution in [1.29, 1.82) is 0 Å². The van der Waals surface area contributed by atoms with Crippen LogP contribution in [0.25, 0.3) is 0 Å². The number of ether oxygens (including phenoxy) is 4. The zero-order valence-electron chi connectivity index (χ0n) is 16.5. The predicted octanol–water partition coefficient (Wildman–Crippen LogP) is -4.64. The van der Waals surface area contributed by atoms with Crippen LogP contribution in [0.15, 0.2) is 0 Å². The summed E-state index contributed by atoms with van der Waals surface area (Å²) in [4.78, 5) is 22.3. The third-order valence-electron chi connectivity index (χ3n) is 4.96. The van der Waals surface area contributed by atoms with Gasteiger partial charge in [-0.1, -0.05) is 0 Å². The Kier molecular flexibility index (Phi) is 9.05. The van der Waals surface area contributed by atoms with Gasteiger partial charge >= 0.3 is 0 Å². The van der Waals surface area contributed by atoms with Crippen LogP contribution >= 0.6 is 0 Å². The summed E-state index contributed by atoms with van der Waals surface area (Å²) in [6.45, 7) is 1.33. The second kappa shape index (κ2) is 10.9. The van der Waals surface area contributed by atoms with Crippen molar-refractivity contribution in [3.8, 4) is 0 Å². The molecular formula is C17H29NO12.